The standard InChI is InChI=1S/C7H14NO3PS/c1-2-5-12(9)8-7-4-3-6-13(7,10)11/h2,7,12H,1,3-6H2,(H,8,9). The maximum absolute atomic E-state index is 11.3. The molecule has 0 spiro atoms. The van der Waals surface area contributed by atoms with Crippen LogP contribution in [0.4, 0.5) is 0 Å². The number of sulfone groups is 1. The Morgan fingerprint density at radius 1 is 1.62 bits per heavy atom. The zero-order valence-corrected chi connectivity index (χ0v) is 9.14. The van der Waals surface area contributed by atoms with Crippen LogP contribution < -0.4 is 5.09 Å². The van der Waals surface area contributed by atoms with Crippen LogP contribution in [0.2, 0.25) is 0 Å². The first-order valence-electron chi connectivity index (χ1n) is 4.18. The van der Waals surface area contributed by atoms with Gasteiger partial charge in [0.1, 0.15) is 13.3 Å². The van der Waals surface area contributed by atoms with Crippen molar-refractivity contribution in [3.05, 3.63) is 12.7 Å². The second-order valence-corrected chi connectivity index (χ2v) is 6.90. The van der Waals surface area contributed by atoms with Crippen molar-refractivity contribution in [2.24, 2.45) is 0 Å². The molecule has 0 amide bonds. The first-order chi connectivity index (χ1) is 6.06. The molecule has 4 nitrogen and oxygen atoms in total. The number of allylic oxidation sites excluding steroid dienone is 1. The molecule has 0 aromatic heterocycles. The fourth-order valence-electron chi connectivity index (χ4n) is 1.32. The number of nitrogens with one attached hydrogen (secondary N) is 1. The summed E-state index contributed by atoms with van der Waals surface area (Å²) in [6, 6.07) is 0. The van der Waals surface area contributed by atoms with Gasteiger partial charge in [0.05, 0.1) is 5.75 Å². The number of hydrogen-bond acceptors (Lipinski definition) is 3. The minimum atomic E-state index is -3.02. The lowest BCUT2D eigenvalue weighted by Gasteiger charge is -2.09. The highest BCUT2D eigenvalue weighted by Gasteiger charge is 2.31. The second kappa shape index (κ2) is 4.40. The minimum absolute atomic E-state index is 0.216. The Hall–Kier alpha value is -0.120. The van der Waals surface area contributed by atoms with Gasteiger partial charge in [-0.3, -0.25) is 5.09 Å². The quantitative estimate of drug-likeness (QED) is 0.565. The van der Waals surface area contributed by atoms with E-state index in [9.17, 15) is 13.0 Å². The maximum Gasteiger partial charge on any atom is 0.166 e. The van der Waals surface area contributed by atoms with Gasteiger partial charge < -0.3 is 4.57 Å². The van der Waals surface area contributed by atoms with E-state index >= 15 is 0 Å². The van der Waals surface area contributed by atoms with Crippen molar-refractivity contribution >= 4 is 17.8 Å². The van der Waals surface area contributed by atoms with Crippen LogP contribution >= 0.6 is 7.95 Å². The second-order valence-electron chi connectivity index (χ2n) is 3.06. The lowest BCUT2D eigenvalue weighted by Crippen LogP contribution is -2.28. The molecule has 1 aliphatic rings. The maximum atomic E-state index is 11.3. The molecule has 0 bridgehead atoms. The first-order valence-corrected chi connectivity index (χ1v) is 7.51. The average molecular weight is 223 g/mol. The van der Waals surface area contributed by atoms with Crippen LogP contribution in [0.25, 0.3) is 0 Å². The van der Waals surface area contributed by atoms with Crippen LogP contribution in [0.3, 0.4) is 0 Å². The van der Waals surface area contributed by atoms with Gasteiger partial charge in [-0.05, 0) is 12.8 Å². The monoisotopic (exact) mass is 223 g/mol. The molecule has 6 heteroatoms. The SMILES string of the molecule is C=CC[PH](=O)NC1CCCS1(=O)=O. The van der Waals surface area contributed by atoms with Gasteiger partial charge in [0.25, 0.3) is 0 Å². The van der Waals surface area contributed by atoms with Gasteiger partial charge in [0.15, 0.2) is 9.84 Å². The molecule has 0 saturated carbocycles. The lowest BCUT2D eigenvalue weighted by atomic mass is 10.3. The van der Waals surface area contributed by atoms with Crippen molar-refractivity contribution in [1.29, 1.82) is 0 Å². The molecule has 1 heterocycles. The van der Waals surface area contributed by atoms with Gasteiger partial charge in [0.2, 0.25) is 0 Å². The Bertz CT molecular complexity index is 312. The topological polar surface area (TPSA) is 63.2 Å². The van der Waals surface area contributed by atoms with Gasteiger partial charge in [-0.15, -0.1) is 6.58 Å². The Morgan fingerprint density at radius 3 is 2.77 bits per heavy atom. The zero-order chi connectivity index (χ0) is 9.90. The molecule has 1 rings (SSSR count). The zero-order valence-electron chi connectivity index (χ0n) is 7.32. The number of hydrogen-bond donors (Lipinski definition) is 1. The summed E-state index contributed by atoms with van der Waals surface area (Å²) in [5.41, 5.74) is 0. The van der Waals surface area contributed by atoms with E-state index in [1.807, 2.05) is 0 Å². The van der Waals surface area contributed by atoms with Crippen molar-refractivity contribution in [3.8, 4) is 0 Å². The molecule has 2 unspecified atom stereocenters. The van der Waals surface area contributed by atoms with Crippen LogP contribution in [-0.2, 0) is 14.4 Å². The minimum Gasteiger partial charge on any atom is -0.310 e. The molecule has 13 heavy (non-hydrogen) atoms. The highest BCUT2D eigenvalue weighted by atomic mass is 32.2. The Labute approximate surface area is 79.2 Å². The summed E-state index contributed by atoms with van der Waals surface area (Å²) in [4.78, 5) is 0. The van der Waals surface area contributed by atoms with E-state index in [1.54, 1.807) is 0 Å². The molecule has 0 aromatic carbocycles. The van der Waals surface area contributed by atoms with E-state index in [4.69, 9.17) is 0 Å². The van der Waals surface area contributed by atoms with Gasteiger partial charge in [-0.2, -0.15) is 0 Å². The lowest BCUT2D eigenvalue weighted by molar-refractivity contribution is 0.564. The fraction of sp³-hybridized carbons (Fsp3) is 0.714. The van der Waals surface area contributed by atoms with Crippen molar-refractivity contribution in [2.75, 3.05) is 11.9 Å². The normalized spacial score (nSPS) is 28.5. The molecular formula is C7H14NO3PS. The summed E-state index contributed by atoms with van der Waals surface area (Å²) in [6.07, 6.45) is 3.14. The Morgan fingerprint density at radius 2 is 2.31 bits per heavy atom. The highest BCUT2D eigenvalue weighted by Crippen LogP contribution is 2.24. The van der Waals surface area contributed by atoms with Gasteiger partial charge in [-0.25, -0.2) is 8.42 Å². The third-order valence-corrected chi connectivity index (χ3v) is 5.60. The Kier molecular flexibility index (Phi) is 3.71. The summed E-state index contributed by atoms with van der Waals surface area (Å²) >= 11 is 0. The van der Waals surface area contributed by atoms with E-state index in [2.05, 4.69) is 11.7 Å². The predicted molar refractivity (Wildman–Crippen MR) is 54.0 cm³/mol. The molecule has 1 aliphatic heterocycles. The van der Waals surface area contributed by atoms with Crippen molar-refractivity contribution < 1.29 is 13.0 Å². The molecule has 1 saturated heterocycles. The van der Waals surface area contributed by atoms with Crippen molar-refractivity contribution in [3.63, 3.8) is 0 Å². The van der Waals surface area contributed by atoms with Crippen LogP contribution in [0.5, 0.6) is 0 Å². The smallest absolute Gasteiger partial charge is 0.166 e. The third kappa shape index (κ3) is 2.93. The summed E-state index contributed by atoms with van der Waals surface area (Å²) < 4.78 is 33.8. The van der Waals surface area contributed by atoms with Crippen LogP contribution in [0.15, 0.2) is 12.7 Å². The van der Waals surface area contributed by atoms with Crippen LogP contribution in [0, 0.1) is 0 Å². The van der Waals surface area contributed by atoms with Crippen LogP contribution in [-0.4, -0.2) is 25.7 Å². The van der Waals surface area contributed by atoms with E-state index in [0.717, 1.165) is 0 Å². The molecule has 1 fully saturated rings. The Balaban J connectivity index is 2.54. The molecule has 1 N–H and O–H groups in total. The molecular weight excluding hydrogens is 209 g/mol. The average Bonchev–Trinajstić information content (AvgIpc) is 2.31. The van der Waals surface area contributed by atoms with Crippen LogP contribution in [0.1, 0.15) is 12.8 Å². The summed E-state index contributed by atoms with van der Waals surface area (Å²) in [5, 5.41) is 2.07. The van der Waals surface area contributed by atoms with Gasteiger partial charge >= 0.3 is 0 Å². The third-order valence-electron chi connectivity index (χ3n) is 1.98. The summed E-state index contributed by atoms with van der Waals surface area (Å²) in [6.45, 7) is 3.45. The van der Waals surface area contributed by atoms with E-state index in [-0.39, 0.29) is 5.75 Å². The van der Waals surface area contributed by atoms with Gasteiger partial charge in [0, 0.05) is 6.16 Å². The predicted octanol–water partition coefficient (Wildman–Crippen LogP) is 0.771. The molecule has 0 radical (unpaired) electrons. The van der Waals surface area contributed by atoms with Gasteiger partial charge in [-0.1, -0.05) is 6.08 Å². The van der Waals surface area contributed by atoms with E-state index < -0.39 is 23.2 Å². The summed E-state index contributed by atoms with van der Waals surface area (Å²) in [7, 11) is -5.01. The summed E-state index contributed by atoms with van der Waals surface area (Å²) in [5.74, 6) is 0.216. The molecule has 0 aromatic rings. The number of rotatable bonds is 4. The molecule has 76 valence electrons. The highest BCUT2D eigenvalue weighted by molar-refractivity contribution is 7.92. The molecule has 2 atom stereocenters. The molecule has 0 aliphatic carbocycles. The van der Waals surface area contributed by atoms with E-state index in [0.29, 0.717) is 19.0 Å². The first kappa shape index (κ1) is 11.0. The van der Waals surface area contributed by atoms with Crippen molar-refractivity contribution in [1.82, 2.24) is 5.09 Å². The van der Waals surface area contributed by atoms with Crippen molar-refractivity contribution in [2.45, 2.75) is 18.2 Å². The largest absolute Gasteiger partial charge is 0.310 e. The fourth-order valence-corrected chi connectivity index (χ4v) is 4.70. The van der Waals surface area contributed by atoms with E-state index in [1.165, 1.54) is 6.08 Å².